The molecule has 0 aromatic heterocycles. The summed E-state index contributed by atoms with van der Waals surface area (Å²) >= 11 is 0. The Morgan fingerprint density at radius 2 is 2.04 bits per heavy atom. The maximum absolute atomic E-state index is 14.0. The van der Waals surface area contributed by atoms with Gasteiger partial charge in [-0.15, -0.1) is 0 Å². The summed E-state index contributed by atoms with van der Waals surface area (Å²) in [6.07, 6.45) is 5.04. The predicted octanol–water partition coefficient (Wildman–Crippen LogP) is 3.04. The van der Waals surface area contributed by atoms with Gasteiger partial charge in [-0.05, 0) is 56.2 Å². The minimum Gasteiger partial charge on any atom is -0.373 e. The Balaban J connectivity index is 1.44. The van der Waals surface area contributed by atoms with Gasteiger partial charge < -0.3 is 15.4 Å². The molecule has 6 heteroatoms. The van der Waals surface area contributed by atoms with Crippen LogP contribution in [0.3, 0.4) is 0 Å². The number of fused-ring (bicyclic) bond motifs is 2. The Labute approximate surface area is 133 Å². The third-order valence-electron chi connectivity index (χ3n) is 5.10. The number of hydrogen-bond donors (Lipinski definition) is 2. The number of urea groups is 1. The van der Waals surface area contributed by atoms with Crippen LogP contribution in [-0.2, 0) is 4.74 Å². The lowest BCUT2D eigenvalue weighted by molar-refractivity contribution is 0.0980. The van der Waals surface area contributed by atoms with Crippen molar-refractivity contribution in [2.24, 2.45) is 5.92 Å². The summed E-state index contributed by atoms with van der Waals surface area (Å²) < 4.78 is 33.2. The van der Waals surface area contributed by atoms with Gasteiger partial charge in [0.15, 0.2) is 0 Å². The molecule has 4 atom stereocenters. The molecule has 4 unspecified atom stereocenters. The molecule has 2 bridgehead atoms. The van der Waals surface area contributed by atoms with E-state index >= 15 is 0 Å². The predicted molar refractivity (Wildman–Crippen MR) is 79.8 cm³/mol. The highest BCUT2D eigenvalue weighted by Gasteiger charge is 2.42. The topological polar surface area (TPSA) is 50.4 Å². The van der Waals surface area contributed by atoms with E-state index < -0.39 is 17.7 Å². The summed E-state index contributed by atoms with van der Waals surface area (Å²) in [5.41, 5.74) is 0.229. The second-order valence-corrected chi connectivity index (χ2v) is 6.81. The minimum atomic E-state index is -0.490. The summed E-state index contributed by atoms with van der Waals surface area (Å²) in [6, 6.07) is 2.60. The maximum atomic E-state index is 14.0. The van der Waals surface area contributed by atoms with Crippen molar-refractivity contribution < 1.29 is 18.3 Å². The van der Waals surface area contributed by atoms with Gasteiger partial charge in [-0.3, -0.25) is 0 Å². The summed E-state index contributed by atoms with van der Waals surface area (Å²) in [6.45, 7) is 0. The van der Waals surface area contributed by atoms with Crippen molar-refractivity contribution in [3.05, 3.63) is 35.4 Å². The fourth-order valence-corrected chi connectivity index (χ4v) is 3.77. The molecule has 2 aliphatic heterocycles. The molecule has 2 N–H and O–H groups in total. The lowest BCUT2D eigenvalue weighted by Gasteiger charge is -2.24. The van der Waals surface area contributed by atoms with Crippen LogP contribution in [0.5, 0.6) is 0 Å². The molecule has 124 valence electrons. The van der Waals surface area contributed by atoms with Crippen LogP contribution in [0.25, 0.3) is 0 Å². The van der Waals surface area contributed by atoms with Crippen LogP contribution in [0, 0.1) is 17.6 Å². The van der Waals surface area contributed by atoms with Crippen molar-refractivity contribution in [1.29, 1.82) is 0 Å². The van der Waals surface area contributed by atoms with Crippen LogP contribution >= 0.6 is 0 Å². The molecule has 2 heterocycles. The molecule has 4 nitrogen and oxygen atoms in total. The van der Waals surface area contributed by atoms with E-state index in [1.165, 1.54) is 6.07 Å². The summed E-state index contributed by atoms with van der Waals surface area (Å²) in [5.74, 6) is -0.795. The first-order valence-electron chi connectivity index (χ1n) is 8.27. The van der Waals surface area contributed by atoms with Crippen LogP contribution in [0.2, 0.25) is 0 Å². The normalized spacial score (nSPS) is 30.3. The van der Waals surface area contributed by atoms with Gasteiger partial charge in [0.2, 0.25) is 0 Å². The van der Waals surface area contributed by atoms with Crippen LogP contribution < -0.4 is 10.6 Å². The van der Waals surface area contributed by atoms with Crippen molar-refractivity contribution in [2.75, 3.05) is 0 Å². The number of amides is 2. The van der Waals surface area contributed by atoms with E-state index in [0.717, 1.165) is 44.2 Å². The van der Waals surface area contributed by atoms with E-state index in [0.29, 0.717) is 0 Å². The van der Waals surface area contributed by atoms with Crippen LogP contribution in [0.1, 0.15) is 43.7 Å². The first kappa shape index (κ1) is 14.9. The minimum absolute atomic E-state index is 0.0194. The van der Waals surface area contributed by atoms with Gasteiger partial charge in [0.25, 0.3) is 0 Å². The molecule has 3 fully saturated rings. The highest BCUT2D eigenvalue weighted by molar-refractivity contribution is 5.75. The van der Waals surface area contributed by atoms with Crippen molar-refractivity contribution in [3.8, 4) is 0 Å². The second-order valence-electron chi connectivity index (χ2n) is 6.81. The summed E-state index contributed by atoms with van der Waals surface area (Å²) in [7, 11) is 0. The third kappa shape index (κ3) is 3.04. The van der Waals surface area contributed by atoms with E-state index in [2.05, 4.69) is 10.6 Å². The number of carbonyl (C=O) groups is 1. The SMILES string of the molecule is O=C(NC1CC2CCC1O2)NC(c1cc(F)ccc1F)C1CC1. The number of benzene rings is 1. The molecule has 3 aliphatic rings. The average molecular weight is 322 g/mol. The standard InChI is InChI=1S/C17H20F2N2O2/c18-10-3-5-13(19)12(7-10)16(9-1-2-9)21-17(22)20-14-8-11-4-6-15(14)23-11/h3,5,7,9,11,14-16H,1-2,4,6,8H2,(H2,20,21,22). The fraction of sp³-hybridized carbons (Fsp3) is 0.588. The summed E-state index contributed by atoms with van der Waals surface area (Å²) in [5, 5.41) is 5.77. The largest absolute Gasteiger partial charge is 0.373 e. The van der Waals surface area contributed by atoms with Crippen molar-refractivity contribution in [3.63, 3.8) is 0 Å². The highest BCUT2D eigenvalue weighted by atomic mass is 19.1. The van der Waals surface area contributed by atoms with Crippen molar-refractivity contribution >= 4 is 6.03 Å². The maximum Gasteiger partial charge on any atom is 0.315 e. The van der Waals surface area contributed by atoms with Gasteiger partial charge in [0.05, 0.1) is 24.3 Å². The smallest absolute Gasteiger partial charge is 0.315 e. The van der Waals surface area contributed by atoms with Gasteiger partial charge in [-0.1, -0.05) is 0 Å². The average Bonchev–Trinajstić information content (AvgIpc) is 3.16. The molecule has 1 aromatic carbocycles. The van der Waals surface area contributed by atoms with Gasteiger partial charge in [-0.25, -0.2) is 13.6 Å². The van der Waals surface area contributed by atoms with Crippen LogP contribution in [0.4, 0.5) is 13.6 Å². The van der Waals surface area contributed by atoms with Crippen molar-refractivity contribution in [2.45, 2.75) is 56.4 Å². The van der Waals surface area contributed by atoms with Crippen molar-refractivity contribution in [1.82, 2.24) is 10.6 Å². The second kappa shape index (κ2) is 5.74. The van der Waals surface area contributed by atoms with E-state index in [1.807, 2.05) is 0 Å². The molecule has 1 aliphatic carbocycles. The lowest BCUT2D eigenvalue weighted by Crippen LogP contribution is -2.47. The number of carbonyl (C=O) groups excluding carboxylic acids is 1. The Hall–Kier alpha value is -1.69. The van der Waals surface area contributed by atoms with E-state index in [4.69, 9.17) is 4.74 Å². The van der Waals surface area contributed by atoms with Gasteiger partial charge in [0.1, 0.15) is 11.6 Å². The van der Waals surface area contributed by atoms with Gasteiger partial charge >= 0.3 is 6.03 Å². The lowest BCUT2D eigenvalue weighted by atomic mass is 9.95. The number of nitrogens with one attached hydrogen (secondary N) is 2. The van der Waals surface area contributed by atoms with Crippen LogP contribution in [-0.4, -0.2) is 24.3 Å². The first-order chi connectivity index (χ1) is 11.1. The van der Waals surface area contributed by atoms with E-state index in [-0.39, 0.29) is 35.8 Å². The molecular weight excluding hydrogens is 302 g/mol. The molecule has 2 amide bonds. The molecule has 23 heavy (non-hydrogen) atoms. The molecule has 0 radical (unpaired) electrons. The zero-order chi connectivity index (χ0) is 16.0. The van der Waals surface area contributed by atoms with E-state index in [1.54, 1.807) is 0 Å². The molecular formula is C17H20F2N2O2. The Kier molecular flexibility index (Phi) is 3.71. The zero-order valence-electron chi connectivity index (χ0n) is 12.7. The molecule has 2 saturated heterocycles. The fourth-order valence-electron chi connectivity index (χ4n) is 3.77. The highest BCUT2D eigenvalue weighted by Crippen LogP contribution is 2.42. The molecule has 1 saturated carbocycles. The number of halogens is 2. The molecule has 0 spiro atoms. The molecule has 4 rings (SSSR count). The Bertz CT molecular complexity index is 621. The number of rotatable bonds is 4. The first-order valence-corrected chi connectivity index (χ1v) is 8.27. The Morgan fingerprint density at radius 3 is 2.70 bits per heavy atom. The van der Waals surface area contributed by atoms with Crippen LogP contribution in [0.15, 0.2) is 18.2 Å². The Morgan fingerprint density at radius 1 is 1.22 bits per heavy atom. The zero-order valence-corrected chi connectivity index (χ0v) is 12.7. The van der Waals surface area contributed by atoms with E-state index in [9.17, 15) is 13.6 Å². The monoisotopic (exact) mass is 322 g/mol. The van der Waals surface area contributed by atoms with Gasteiger partial charge in [0, 0.05) is 5.56 Å². The number of hydrogen-bond acceptors (Lipinski definition) is 2. The molecule has 1 aromatic rings. The quantitative estimate of drug-likeness (QED) is 0.895. The third-order valence-corrected chi connectivity index (χ3v) is 5.10. The van der Waals surface area contributed by atoms with Gasteiger partial charge in [-0.2, -0.15) is 0 Å². The number of ether oxygens (including phenoxy) is 1. The summed E-state index contributed by atoms with van der Waals surface area (Å²) in [4.78, 5) is 12.3.